The predicted molar refractivity (Wildman–Crippen MR) is 73.1 cm³/mol. The lowest BCUT2D eigenvalue weighted by atomic mass is 10.2. The summed E-state index contributed by atoms with van der Waals surface area (Å²) < 4.78 is 5.16. The summed E-state index contributed by atoms with van der Waals surface area (Å²) in [6, 6.07) is 7.39. The largest absolute Gasteiger partial charge is 0.416 e. The van der Waals surface area contributed by atoms with Gasteiger partial charge in [0.05, 0.1) is 5.75 Å². The van der Waals surface area contributed by atoms with Crippen LogP contribution in [0.5, 0.6) is 0 Å². The molecule has 0 atom stereocenters. The minimum atomic E-state index is -0.110. The maximum Gasteiger partial charge on any atom is 0.277 e. The van der Waals surface area contributed by atoms with Gasteiger partial charge in [-0.1, -0.05) is 41.6 Å². The van der Waals surface area contributed by atoms with E-state index in [0.717, 1.165) is 5.56 Å². The van der Waals surface area contributed by atoms with Gasteiger partial charge in [0, 0.05) is 18.5 Å². The maximum absolute atomic E-state index is 11.6. The molecule has 2 aromatic rings. The third kappa shape index (κ3) is 4.25. The highest BCUT2D eigenvalue weighted by Gasteiger charge is 2.08. The van der Waals surface area contributed by atoms with Gasteiger partial charge in [-0.25, -0.2) is 0 Å². The van der Waals surface area contributed by atoms with Crippen LogP contribution in [0.3, 0.4) is 0 Å². The molecular weight excluding hydrogens is 286 g/mol. The van der Waals surface area contributed by atoms with E-state index < -0.39 is 0 Å². The monoisotopic (exact) mass is 297 g/mol. The lowest BCUT2D eigenvalue weighted by Crippen LogP contribution is -2.24. The summed E-state index contributed by atoms with van der Waals surface area (Å²) in [5, 5.41) is 11.3. The molecule has 7 heteroatoms. The Kier molecular flexibility index (Phi) is 4.81. The Morgan fingerprint density at radius 2 is 2.21 bits per heavy atom. The van der Waals surface area contributed by atoms with Crippen LogP contribution >= 0.6 is 23.4 Å². The zero-order chi connectivity index (χ0) is 13.7. The van der Waals surface area contributed by atoms with E-state index in [-0.39, 0.29) is 11.7 Å². The second kappa shape index (κ2) is 6.58. The maximum atomic E-state index is 11.6. The van der Waals surface area contributed by atoms with Crippen molar-refractivity contribution in [1.82, 2.24) is 15.5 Å². The van der Waals surface area contributed by atoms with Gasteiger partial charge in [0.15, 0.2) is 0 Å². The number of aromatic nitrogens is 2. The predicted octanol–water partition coefficient (Wildman–Crippen LogP) is 2.44. The average molecular weight is 298 g/mol. The van der Waals surface area contributed by atoms with E-state index in [2.05, 4.69) is 15.5 Å². The Morgan fingerprint density at radius 3 is 2.89 bits per heavy atom. The molecule has 19 heavy (non-hydrogen) atoms. The summed E-state index contributed by atoms with van der Waals surface area (Å²) in [6.07, 6.45) is 0. The van der Waals surface area contributed by atoms with Gasteiger partial charge in [0.25, 0.3) is 5.22 Å². The SMILES string of the molecule is Cc1nnc(SCC(=O)NCc2ccccc2Cl)o1. The van der Waals surface area contributed by atoms with E-state index in [0.29, 0.717) is 22.7 Å². The number of halogens is 1. The third-order valence-electron chi connectivity index (χ3n) is 2.27. The van der Waals surface area contributed by atoms with Crippen molar-refractivity contribution >= 4 is 29.3 Å². The molecule has 0 radical (unpaired) electrons. The zero-order valence-electron chi connectivity index (χ0n) is 10.2. The Labute approximate surface area is 119 Å². The molecule has 0 aliphatic carbocycles. The number of nitrogens with one attached hydrogen (secondary N) is 1. The summed E-state index contributed by atoms with van der Waals surface area (Å²) in [7, 11) is 0. The number of hydrogen-bond donors (Lipinski definition) is 1. The van der Waals surface area contributed by atoms with Crippen LogP contribution in [0.1, 0.15) is 11.5 Å². The fourth-order valence-corrected chi connectivity index (χ4v) is 2.19. The van der Waals surface area contributed by atoms with Gasteiger partial charge in [0.1, 0.15) is 0 Å². The van der Waals surface area contributed by atoms with E-state index in [1.54, 1.807) is 13.0 Å². The van der Waals surface area contributed by atoms with Crippen LogP contribution in [-0.2, 0) is 11.3 Å². The highest BCUT2D eigenvalue weighted by atomic mass is 35.5. The van der Waals surface area contributed by atoms with Crippen molar-refractivity contribution in [3.63, 3.8) is 0 Å². The van der Waals surface area contributed by atoms with Gasteiger partial charge in [-0.15, -0.1) is 10.2 Å². The quantitative estimate of drug-likeness (QED) is 0.859. The number of thioether (sulfide) groups is 1. The summed E-state index contributed by atoms with van der Waals surface area (Å²) in [6.45, 7) is 2.11. The van der Waals surface area contributed by atoms with E-state index in [1.807, 2.05) is 18.2 Å². The molecule has 0 saturated heterocycles. The first-order chi connectivity index (χ1) is 9.15. The van der Waals surface area contributed by atoms with Crippen LogP contribution in [0, 0.1) is 6.92 Å². The first-order valence-electron chi connectivity index (χ1n) is 5.58. The minimum absolute atomic E-state index is 0.110. The summed E-state index contributed by atoms with van der Waals surface area (Å²) in [4.78, 5) is 11.6. The third-order valence-corrected chi connectivity index (χ3v) is 3.46. The van der Waals surface area contributed by atoms with Crippen molar-refractivity contribution in [1.29, 1.82) is 0 Å². The Hall–Kier alpha value is -1.53. The topological polar surface area (TPSA) is 68.0 Å². The molecule has 0 fully saturated rings. The molecule has 0 unspecified atom stereocenters. The number of carbonyl (C=O) groups is 1. The van der Waals surface area contributed by atoms with Crippen molar-refractivity contribution in [2.24, 2.45) is 0 Å². The molecule has 0 aliphatic rings. The summed E-state index contributed by atoms with van der Waals surface area (Å²) >= 11 is 7.20. The van der Waals surface area contributed by atoms with Crippen LogP contribution in [0.2, 0.25) is 5.02 Å². The molecule has 2 rings (SSSR count). The number of carbonyl (C=O) groups excluding carboxylic acids is 1. The molecule has 1 heterocycles. The molecule has 0 bridgehead atoms. The Balaban J connectivity index is 1.77. The number of benzene rings is 1. The lowest BCUT2D eigenvalue weighted by molar-refractivity contribution is -0.118. The molecule has 1 aromatic carbocycles. The second-order valence-corrected chi connectivity index (χ2v) is 5.08. The highest BCUT2D eigenvalue weighted by molar-refractivity contribution is 7.99. The fourth-order valence-electron chi connectivity index (χ4n) is 1.35. The van der Waals surface area contributed by atoms with Gasteiger partial charge in [0.2, 0.25) is 11.8 Å². The lowest BCUT2D eigenvalue weighted by Gasteiger charge is -2.05. The molecule has 0 aliphatic heterocycles. The Bertz CT molecular complexity index is 574. The average Bonchev–Trinajstić information content (AvgIpc) is 2.81. The number of nitrogens with zero attached hydrogens (tertiary/aromatic N) is 2. The minimum Gasteiger partial charge on any atom is -0.416 e. The van der Waals surface area contributed by atoms with E-state index in [1.165, 1.54) is 11.8 Å². The van der Waals surface area contributed by atoms with Crippen molar-refractivity contribution in [2.45, 2.75) is 18.7 Å². The number of hydrogen-bond acceptors (Lipinski definition) is 5. The molecule has 5 nitrogen and oxygen atoms in total. The normalized spacial score (nSPS) is 10.4. The van der Waals surface area contributed by atoms with Crippen molar-refractivity contribution in [2.75, 3.05) is 5.75 Å². The highest BCUT2D eigenvalue weighted by Crippen LogP contribution is 2.16. The van der Waals surface area contributed by atoms with Crippen molar-refractivity contribution < 1.29 is 9.21 Å². The van der Waals surface area contributed by atoms with E-state index in [4.69, 9.17) is 16.0 Å². The molecule has 1 amide bonds. The van der Waals surface area contributed by atoms with Crippen molar-refractivity contribution in [3.8, 4) is 0 Å². The van der Waals surface area contributed by atoms with Crippen LogP contribution in [0.25, 0.3) is 0 Å². The van der Waals surface area contributed by atoms with Gasteiger partial charge in [-0.3, -0.25) is 4.79 Å². The summed E-state index contributed by atoms with van der Waals surface area (Å²) in [5.74, 6) is 0.603. The van der Waals surface area contributed by atoms with Crippen LogP contribution in [0.15, 0.2) is 33.9 Å². The summed E-state index contributed by atoms with van der Waals surface area (Å²) in [5.41, 5.74) is 0.885. The van der Waals surface area contributed by atoms with E-state index in [9.17, 15) is 4.79 Å². The number of amides is 1. The molecule has 0 saturated carbocycles. The van der Waals surface area contributed by atoms with Gasteiger partial charge >= 0.3 is 0 Å². The second-order valence-electron chi connectivity index (χ2n) is 3.74. The molecule has 100 valence electrons. The smallest absolute Gasteiger partial charge is 0.277 e. The Morgan fingerprint density at radius 1 is 1.42 bits per heavy atom. The molecular formula is C12H12ClN3O2S. The molecule has 1 aromatic heterocycles. The van der Waals surface area contributed by atoms with Crippen molar-refractivity contribution in [3.05, 3.63) is 40.7 Å². The van der Waals surface area contributed by atoms with E-state index >= 15 is 0 Å². The first kappa shape index (κ1) is 13.9. The molecule has 1 N–H and O–H groups in total. The van der Waals surface area contributed by atoms with Crippen LogP contribution < -0.4 is 5.32 Å². The van der Waals surface area contributed by atoms with Gasteiger partial charge in [-0.2, -0.15) is 0 Å². The van der Waals surface area contributed by atoms with Gasteiger partial charge in [-0.05, 0) is 11.6 Å². The standard InChI is InChI=1S/C12H12ClN3O2S/c1-8-15-16-12(18-8)19-7-11(17)14-6-9-4-2-3-5-10(9)13/h2-5H,6-7H2,1H3,(H,14,17). The zero-order valence-corrected chi connectivity index (χ0v) is 11.8. The first-order valence-corrected chi connectivity index (χ1v) is 6.94. The number of aryl methyl sites for hydroxylation is 1. The molecule has 0 spiro atoms. The fraction of sp³-hybridized carbons (Fsp3) is 0.250. The van der Waals surface area contributed by atoms with Crippen LogP contribution in [0.4, 0.5) is 0 Å². The van der Waals surface area contributed by atoms with Gasteiger partial charge < -0.3 is 9.73 Å². The number of rotatable bonds is 5. The van der Waals surface area contributed by atoms with Crippen LogP contribution in [-0.4, -0.2) is 21.9 Å².